The molecule has 8 heteroatoms. The molecule has 1 aromatic heterocycles. The minimum atomic E-state index is -0.480. The number of ether oxygens (including phenoxy) is 1. The molecule has 0 saturated heterocycles. The van der Waals surface area contributed by atoms with Gasteiger partial charge in [-0.15, -0.1) is 11.3 Å². The van der Waals surface area contributed by atoms with Crippen LogP contribution in [-0.2, 0) is 4.74 Å². The van der Waals surface area contributed by atoms with E-state index in [1.54, 1.807) is 11.8 Å². The van der Waals surface area contributed by atoms with Crippen molar-refractivity contribution in [3.05, 3.63) is 16.0 Å². The van der Waals surface area contributed by atoms with Gasteiger partial charge in [0.15, 0.2) is 5.11 Å². The van der Waals surface area contributed by atoms with E-state index in [9.17, 15) is 9.59 Å². The summed E-state index contributed by atoms with van der Waals surface area (Å²) in [4.78, 5) is 27.2. The van der Waals surface area contributed by atoms with Crippen LogP contribution in [0.2, 0.25) is 0 Å². The lowest BCUT2D eigenvalue weighted by Gasteiger charge is -2.17. The Morgan fingerprint density at radius 2 is 1.88 bits per heavy atom. The Morgan fingerprint density at radius 1 is 1.24 bits per heavy atom. The molecule has 0 aliphatic rings. The molecule has 140 valence electrons. The standard InChI is InChI=1S/C17H27N3O3S2/c1-6-9-10-18-17(24)19-14-12(16(22)23-5)11(4)13(25-14)15(21)20(7-2)8-3/h6-10H2,1-5H3,(H2,18,19,24). The average Bonchev–Trinajstić information content (AvgIpc) is 2.91. The van der Waals surface area contributed by atoms with Crippen LogP contribution >= 0.6 is 23.6 Å². The van der Waals surface area contributed by atoms with Gasteiger partial charge in [-0.1, -0.05) is 13.3 Å². The number of anilines is 1. The lowest BCUT2D eigenvalue weighted by Crippen LogP contribution is -2.30. The number of esters is 1. The second-order valence-corrected chi connectivity index (χ2v) is 6.89. The van der Waals surface area contributed by atoms with Crippen LogP contribution in [0.1, 0.15) is 59.2 Å². The van der Waals surface area contributed by atoms with Crippen molar-refractivity contribution < 1.29 is 14.3 Å². The molecule has 0 atom stereocenters. The van der Waals surface area contributed by atoms with E-state index in [2.05, 4.69) is 17.6 Å². The Morgan fingerprint density at radius 3 is 2.40 bits per heavy atom. The molecular formula is C17H27N3O3S2. The number of thiocarbonyl (C=S) groups is 1. The molecule has 0 aromatic carbocycles. The van der Waals surface area contributed by atoms with Crippen LogP contribution in [0.15, 0.2) is 0 Å². The quantitative estimate of drug-likeness (QED) is 0.406. The van der Waals surface area contributed by atoms with E-state index in [-0.39, 0.29) is 5.91 Å². The highest BCUT2D eigenvalue weighted by atomic mass is 32.1. The summed E-state index contributed by atoms with van der Waals surface area (Å²) in [6.45, 7) is 9.69. The Labute approximate surface area is 158 Å². The molecule has 1 amide bonds. The summed E-state index contributed by atoms with van der Waals surface area (Å²) >= 11 is 6.52. The van der Waals surface area contributed by atoms with Crippen molar-refractivity contribution in [3.63, 3.8) is 0 Å². The highest BCUT2D eigenvalue weighted by Gasteiger charge is 2.27. The molecule has 0 aliphatic heterocycles. The second kappa shape index (κ2) is 10.4. The van der Waals surface area contributed by atoms with Crippen LogP contribution in [0.4, 0.5) is 5.00 Å². The van der Waals surface area contributed by atoms with Crippen molar-refractivity contribution in [1.82, 2.24) is 10.2 Å². The SMILES string of the molecule is CCCCNC(=S)Nc1sc(C(=O)N(CC)CC)c(C)c1C(=O)OC. The minimum Gasteiger partial charge on any atom is -0.465 e. The third kappa shape index (κ3) is 5.40. The Balaban J connectivity index is 3.14. The third-order valence-electron chi connectivity index (χ3n) is 3.82. The maximum absolute atomic E-state index is 12.7. The van der Waals surface area contributed by atoms with E-state index in [0.717, 1.165) is 19.4 Å². The van der Waals surface area contributed by atoms with Crippen LogP contribution in [0.3, 0.4) is 0 Å². The first-order valence-electron chi connectivity index (χ1n) is 8.46. The first-order valence-corrected chi connectivity index (χ1v) is 9.69. The van der Waals surface area contributed by atoms with Gasteiger partial charge in [0.2, 0.25) is 0 Å². The van der Waals surface area contributed by atoms with Gasteiger partial charge in [-0.25, -0.2) is 4.79 Å². The number of amides is 1. The summed E-state index contributed by atoms with van der Waals surface area (Å²) in [6, 6.07) is 0. The van der Waals surface area contributed by atoms with Gasteiger partial charge in [0, 0.05) is 19.6 Å². The summed E-state index contributed by atoms with van der Waals surface area (Å²) < 4.78 is 4.88. The first kappa shape index (κ1) is 21.4. The van der Waals surface area contributed by atoms with Crippen LogP contribution in [0, 0.1) is 6.92 Å². The van der Waals surface area contributed by atoms with Crippen molar-refractivity contribution in [2.45, 2.75) is 40.5 Å². The van der Waals surface area contributed by atoms with E-state index in [4.69, 9.17) is 17.0 Å². The van der Waals surface area contributed by atoms with Gasteiger partial charge in [0.25, 0.3) is 5.91 Å². The molecular weight excluding hydrogens is 358 g/mol. The molecule has 2 N–H and O–H groups in total. The highest BCUT2D eigenvalue weighted by Crippen LogP contribution is 2.34. The summed E-state index contributed by atoms with van der Waals surface area (Å²) in [7, 11) is 1.33. The first-order chi connectivity index (χ1) is 11.9. The summed E-state index contributed by atoms with van der Waals surface area (Å²) in [5.41, 5.74) is 0.982. The lowest BCUT2D eigenvalue weighted by atomic mass is 10.1. The van der Waals surface area contributed by atoms with Crippen LogP contribution < -0.4 is 10.6 Å². The highest BCUT2D eigenvalue weighted by molar-refractivity contribution is 7.80. The Bertz CT molecular complexity index is 625. The topological polar surface area (TPSA) is 70.7 Å². The fourth-order valence-electron chi connectivity index (χ4n) is 2.33. The van der Waals surface area contributed by atoms with Crippen molar-refractivity contribution in [2.24, 2.45) is 0 Å². The molecule has 1 rings (SSSR count). The van der Waals surface area contributed by atoms with Crippen molar-refractivity contribution in [2.75, 3.05) is 32.1 Å². The number of hydrogen-bond donors (Lipinski definition) is 2. The van der Waals surface area contributed by atoms with Gasteiger partial charge in [-0.2, -0.15) is 0 Å². The largest absolute Gasteiger partial charge is 0.465 e. The van der Waals surface area contributed by atoms with Crippen molar-refractivity contribution in [3.8, 4) is 0 Å². The number of rotatable bonds is 8. The Kier molecular flexibility index (Phi) is 8.85. The number of nitrogens with one attached hydrogen (secondary N) is 2. The van der Waals surface area contributed by atoms with E-state index in [1.807, 2.05) is 13.8 Å². The summed E-state index contributed by atoms with van der Waals surface area (Å²) in [6.07, 6.45) is 2.06. The molecule has 1 aromatic rings. The number of methoxy groups -OCH3 is 1. The zero-order chi connectivity index (χ0) is 19.0. The number of hydrogen-bond acceptors (Lipinski definition) is 5. The molecule has 6 nitrogen and oxygen atoms in total. The average molecular weight is 386 g/mol. The third-order valence-corrected chi connectivity index (χ3v) is 5.27. The fraction of sp³-hybridized carbons (Fsp3) is 0.588. The molecule has 1 heterocycles. The monoisotopic (exact) mass is 385 g/mol. The van der Waals surface area contributed by atoms with Gasteiger partial charge >= 0.3 is 5.97 Å². The molecule has 0 fully saturated rings. The van der Waals surface area contributed by atoms with Gasteiger partial charge < -0.3 is 20.3 Å². The number of carbonyl (C=O) groups excluding carboxylic acids is 2. The number of unbranched alkanes of at least 4 members (excludes halogenated alkanes) is 1. The summed E-state index contributed by atoms with van der Waals surface area (Å²) in [5.74, 6) is -0.568. The van der Waals surface area contributed by atoms with Crippen LogP contribution in [0.5, 0.6) is 0 Å². The van der Waals surface area contributed by atoms with E-state index in [1.165, 1.54) is 18.4 Å². The second-order valence-electron chi connectivity index (χ2n) is 5.46. The maximum atomic E-state index is 12.7. The van der Waals surface area contributed by atoms with Gasteiger partial charge in [-0.3, -0.25) is 4.79 Å². The van der Waals surface area contributed by atoms with Crippen LogP contribution in [0.25, 0.3) is 0 Å². The molecule has 0 unspecified atom stereocenters. The van der Waals surface area contributed by atoms with Gasteiger partial charge in [0.05, 0.1) is 17.6 Å². The predicted octanol–water partition coefficient (Wildman–Crippen LogP) is 3.41. The zero-order valence-corrected chi connectivity index (χ0v) is 17.2. The number of nitrogens with zero attached hydrogens (tertiary/aromatic N) is 1. The molecule has 0 radical (unpaired) electrons. The zero-order valence-electron chi connectivity index (χ0n) is 15.5. The molecule has 0 saturated carbocycles. The lowest BCUT2D eigenvalue weighted by molar-refractivity contribution is 0.0601. The predicted molar refractivity (Wildman–Crippen MR) is 107 cm³/mol. The van der Waals surface area contributed by atoms with E-state index < -0.39 is 5.97 Å². The van der Waals surface area contributed by atoms with Gasteiger partial charge in [-0.05, 0) is 45.0 Å². The molecule has 0 spiro atoms. The molecule has 25 heavy (non-hydrogen) atoms. The number of carbonyl (C=O) groups is 2. The van der Waals surface area contributed by atoms with Crippen molar-refractivity contribution in [1.29, 1.82) is 0 Å². The minimum absolute atomic E-state index is 0.0874. The Hall–Kier alpha value is -1.67. The fourth-order valence-corrected chi connectivity index (χ4v) is 3.77. The smallest absolute Gasteiger partial charge is 0.341 e. The molecule has 0 bridgehead atoms. The van der Waals surface area contributed by atoms with Crippen molar-refractivity contribution >= 4 is 45.5 Å². The van der Waals surface area contributed by atoms with E-state index >= 15 is 0 Å². The van der Waals surface area contributed by atoms with E-state index in [0.29, 0.717) is 39.2 Å². The summed E-state index contributed by atoms with van der Waals surface area (Å²) in [5, 5.41) is 7.11. The molecule has 0 aliphatic carbocycles. The van der Waals surface area contributed by atoms with Gasteiger partial charge in [0.1, 0.15) is 5.00 Å². The normalized spacial score (nSPS) is 10.3. The number of thiophene rings is 1. The van der Waals surface area contributed by atoms with Crippen LogP contribution in [-0.4, -0.2) is 48.6 Å². The maximum Gasteiger partial charge on any atom is 0.341 e.